The van der Waals surface area contributed by atoms with E-state index in [0.717, 1.165) is 26.6 Å². The number of nitrogens with zero attached hydrogens (tertiary/aromatic N) is 1. The van der Waals surface area contributed by atoms with Gasteiger partial charge in [0.05, 0.1) is 4.90 Å². The van der Waals surface area contributed by atoms with Crippen molar-refractivity contribution < 1.29 is 18.3 Å². The first-order valence-corrected chi connectivity index (χ1v) is 9.97. The zero-order valence-electron chi connectivity index (χ0n) is 15.4. The van der Waals surface area contributed by atoms with Gasteiger partial charge in [0.25, 0.3) is 0 Å². The number of hydrogen-bond donors (Lipinski definition) is 1. The lowest BCUT2D eigenvalue weighted by Crippen LogP contribution is -2.48. The lowest BCUT2D eigenvalue weighted by atomic mass is 9.96. The lowest BCUT2D eigenvalue weighted by Gasteiger charge is -2.34. The minimum atomic E-state index is -3.95. The normalized spacial score (nSPS) is 17.8. The third-order valence-corrected chi connectivity index (χ3v) is 7.48. The summed E-state index contributed by atoms with van der Waals surface area (Å²) in [4.78, 5) is 12.1. The number of carbonyl (C=O) groups is 1. The molecule has 0 spiro atoms. The molecule has 0 unspecified atom stereocenters. The van der Waals surface area contributed by atoms with E-state index < -0.39 is 22.0 Å². The van der Waals surface area contributed by atoms with Crippen LogP contribution < -0.4 is 0 Å². The van der Waals surface area contributed by atoms with E-state index in [0.29, 0.717) is 11.1 Å². The average molecular weight is 373 g/mol. The second-order valence-electron chi connectivity index (χ2n) is 6.97. The third kappa shape index (κ3) is 2.93. The van der Waals surface area contributed by atoms with Crippen molar-refractivity contribution in [2.45, 2.75) is 51.6 Å². The molecule has 1 heterocycles. The number of rotatable bonds is 3. The molecule has 6 heteroatoms. The van der Waals surface area contributed by atoms with Crippen molar-refractivity contribution >= 4 is 16.0 Å². The molecule has 1 atom stereocenters. The molecule has 2 aromatic carbocycles. The Balaban J connectivity index is 2.19. The van der Waals surface area contributed by atoms with Crippen molar-refractivity contribution in [2.24, 2.45) is 0 Å². The minimum Gasteiger partial charge on any atom is -0.480 e. The molecule has 0 radical (unpaired) electrons. The van der Waals surface area contributed by atoms with Crippen molar-refractivity contribution in [1.82, 2.24) is 4.31 Å². The summed E-state index contributed by atoms with van der Waals surface area (Å²) in [5.41, 5.74) is 4.87. The maximum Gasteiger partial charge on any atom is 0.322 e. The average Bonchev–Trinajstić information content (AvgIpc) is 2.58. The topological polar surface area (TPSA) is 74.7 Å². The van der Waals surface area contributed by atoms with Gasteiger partial charge in [-0.25, -0.2) is 8.42 Å². The van der Waals surface area contributed by atoms with Crippen LogP contribution in [0.25, 0.3) is 0 Å². The lowest BCUT2D eigenvalue weighted by molar-refractivity contribution is -0.141. The molecule has 0 fully saturated rings. The molecule has 5 nitrogen and oxygen atoms in total. The second kappa shape index (κ2) is 6.52. The maximum atomic E-state index is 13.5. The van der Waals surface area contributed by atoms with Gasteiger partial charge in [0.15, 0.2) is 0 Å². The molecule has 26 heavy (non-hydrogen) atoms. The minimum absolute atomic E-state index is 0.0708. The summed E-state index contributed by atoms with van der Waals surface area (Å²) in [6, 6.07) is 8.27. The fourth-order valence-corrected chi connectivity index (χ4v) is 5.79. The number of hydrogen-bond acceptors (Lipinski definition) is 3. The van der Waals surface area contributed by atoms with E-state index in [1.165, 1.54) is 0 Å². The second-order valence-corrected chi connectivity index (χ2v) is 8.79. The molecule has 138 valence electrons. The number of aliphatic carboxylic acids is 1. The van der Waals surface area contributed by atoms with Crippen LogP contribution in [0.3, 0.4) is 0 Å². The number of fused-ring (bicyclic) bond motifs is 1. The van der Waals surface area contributed by atoms with E-state index in [2.05, 4.69) is 0 Å². The van der Waals surface area contributed by atoms with Gasteiger partial charge in [-0.15, -0.1) is 0 Å². The van der Waals surface area contributed by atoms with E-state index in [-0.39, 0.29) is 17.9 Å². The van der Waals surface area contributed by atoms with Crippen LogP contribution in [-0.4, -0.2) is 29.8 Å². The third-order valence-electron chi connectivity index (χ3n) is 5.35. The van der Waals surface area contributed by atoms with Gasteiger partial charge in [-0.2, -0.15) is 4.31 Å². The highest BCUT2D eigenvalue weighted by atomic mass is 32.2. The molecule has 1 N–H and O–H groups in total. The number of benzene rings is 2. The molecule has 0 aliphatic carbocycles. The molecule has 0 amide bonds. The van der Waals surface area contributed by atoms with Crippen molar-refractivity contribution in [3.63, 3.8) is 0 Å². The van der Waals surface area contributed by atoms with Gasteiger partial charge in [0.1, 0.15) is 6.04 Å². The summed E-state index contributed by atoms with van der Waals surface area (Å²) in [5.74, 6) is -1.12. The molecule has 1 aliphatic rings. The molecule has 2 aromatic rings. The van der Waals surface area contributed by atoms with Crippen molar-refractivity contribution in [2.75, 3.05) is 0 Å². The summed E-state index contributed by atoms with van der Waals surface area (Å²) in [6.07, 6.45) is 0.174. The van der Waals surface area contributed by atoms with Crippen molar-refractivity contribution in [3.05, 3.63) is 63.7 Å². The summed E-state index contributed by atoms with van der Waals surface area (Å²) < 4.78 is 28.2. The Kier molecular flexibility index (Phi) is 4.67. The number of sulfonamides is 1. The predicted molar refractivity (Wildman–Crippen MR) is 99.7 cm³/mol. The Labute approximate surface area is 154 Å². The van der Waals surface area contributed by atoms with Crippen molar-refractivity contribution in [3.8, 4) is 0 Å². The zero-order chi connectivity index (χ0) is 19.2. The summed E-state index contributed by atoms with van der Waals surface area (Å²) in [7, 11) is -3.95. The van der Waals surface area contributed by atoms with Crippen LogP contribution in [0.4, 0.5) is 0 Å². The maximum absolute atomic E-state index is 13.5. The van der Waals surface area contributed by atoms with Gasteiger partial charge in [-0.1, -0.05) is 30.3 Å². The van der Waals surface area contributed by atoms with Crippen LogP contribution in [0.1, 0.15) is 33.4 Å². The van der Waals surface area contributed by atoms with Crippen LogP contribution in [0, 0.1) is 27.7 Å². The first-order chi connectivity index (χ1) is 12.1. The van der Waals surface area contributed by atoms with Crippen molar-refractivity contribution in [1.29, 1.82) is 0 Å². The fraction of sp³-hybridized carbons (Fsp3) is 0.350. The van der Waals surface area contributed by atoms with Crippen LogP contribution in [0.2, 0.25) is 0 Å². The standard InChI is InChI=1S/C20H23NO4S/c1-12-9-13(2)15(4)19(14(12)3)26(24,25)21-11-17-8-6-5-7-16(17)10-18(21)20(22)23/h5-9,18H,10-11H2,1-4H3,(H,22,23)/t18-/m1/s1. The molecule has 0 saturated carbocycles. The summed E-state index contributed by atoms with van der Waals surface area (Å²) >= 11 is 0. The summed E-state index contributed by atoms with van der Waals surface area (Å²) in [6.45, 7) is 7.38. The Hall–Kier alpha value is -2.18. The smallest absolute Gasteiger partial charge is 0.322 e. The largest absolute Gasteiger partial charge is 0.480 e. The fourth-order valence-electron chi connectivity index (χ4n) is 3.65. The van der Waals surface area contributed by atoms with Crippen LogP contribution in [0.15, 0.2) is 35.2 Å². The first kappa shape index (κ1) is 18.6. The number of carboxylic acid groups (broad SMARTS) is 1. The van der Waals surface area contributed by atoms with Gasteiger partial charge in [0, 0.05) is 13.0 Å². The number of aryl methyl sites for hydroxylation is 2. The highest BCUT2D eigenvalue weighted by Gasteiger charge is 2.41. The van der Waals surface area contributed by atoms with E-state index >= 15 is 0 Å². The molecule has 0 bridgehead atoms. The van der Waals surface area contributed by atoms with E-state index in [9.17, 15) is 18.3 Å². The highest BCUT2D eigenvalue weighted by molar-refractivity contribution is 7.89. The van der Waals surface area contributed by atoms with E-state index in [1.807, 2.05) is 44.2 Å². The summed E-state index contributed by atoms with van der Waals surface area (Å²) in [5, 5.41) is 9.69. The monoisotopic (exact) mass is 373 g/mol. The first-order valence-electron chi connectivity index (χ1n) is 8.53. The van der Waals surface area contributed by atoms with Crippen LogP contribution in [-0.2, 0) is 27.8 Å². The Morgan fingerprint density at radius 3 is 2.12 bits per heavy atom. The van der Waals surface area contributed by atoms with Crippen LogP contribution in [0.5, 0.6) is 0 Å². The predicted octanol–water partition coefficient (Wildman–Crippen LogP) is 3.12. The Bertz CT molecular complexity index is 969. The molecular weight excluding hydrogens is 350 g/mol. The number of carboxylic acids is 1. The highest BCUT2D eigenvalue weighted by Crippen LogP contribution is 2.34. The Morgan fingerprint density at radius 1 is 1.04 bits per heavy atom. The molecule has 1 aliphatic heterocycles. The van der Waals surface area contributed by atoms with Gasteiger partial charge < -0.3 is 5.11 Å². The van der Waals surface area contributed by atoms with E-state index in [1.54, 1.807) is 13.8 Å². The van der Waals surface area contributed by atoms with Gasteiger partial charge in [-0.3, -0.25) is 4.79 Å². The van der Waals surface area contributed by atoms with Gasteiger partial charge in [-0.05, 0) is 61.1 Å². The Morgan fingerprint density at radius 2 is 1.58 bits per heavy atom. The molecule has 0 aromatic heterocycles. The molecular formula is C20H23NO4S. The SMILES string of the molecule is Cc1cc(C)c(C)c(S(=O)(=O)N2Cc3ccccc3C[C@@H]2C(=O)O)c1C. The van der Waals surface area contributed by atoms with Gasteiger partial charge in [0.2, 0.25) is 10.0 Å². The van der Waals surface area contributed by atoms with Crippen LogP contribution >= 0.6 is 0 Å². The van der Waals surface area contributed by atoms with E-state index in [4.69, 9.17) is 0 Å². The zero-order valence-corrected chi connectivity index (χ0v) is 16.2. The quantitative estimate of drug-likeness (QED) is 0.897. The van der Waals surface area contributed by atoms with Gasteiger partial charge >= 0.3 is 5.97 Å². The molecule has 3 rings (SSSR count). The molecule has 0 saturated heterocycles.